The van der Waals surface area contributed by atoms with E-state index in [-0.39, 0.29) is 0 Å². The van der Waals surface area contributed by atoms with Gasteiger partial charge in [0.25, 0.3) is 0 Å². The van der Waals surface area contributed by atoms with Gasteiger partial charge in [-0.2, -0.15) is 0 Å². The maximum atomic E-state index is 11.7. The smallest absolute Gasteiger partial charge is 0.313 e. The van der Waals surface area contributed by atoms with E-state index >= 15 is 0 Å². The Morgan fingerprint density at radius 3 is 2.84 bits per heavy atom. The van der Waals surface area contributed by atoms with Crippen molar-refractivity contribution >= 4 is 28.5 Å². The molecule has 0 unspecified atom stereocenters. The number of carbonyl (C=O) groups excluding carboxylic acids is 2. The van der Waals surface area contributed by atoms with Crippen LogP contribution in [0.15, 0.2) is 24.5 Å². The first-order chi connectivity index (χ1) is 9.06. The normalized spacial score (nSPS) is 10.7. The number of benzene rings is 1. The maximum absolute atomic E-state index is 11.7. The van der Waals surface area contributed by atoms with E-state index < -0.39 is 11.8 Å². The summed E-state index contributed by atoms with van der Waals surface area (Å²) in [5, 5.41) is 5.11. The van der Waals surface area contributed by atoms with Crippen LogP contribution in [0.4, 0.5) is 5.69 Å². The molecule has 6 nitrogen and oxygen atoms in total. The number of nitrogens with zero attached hydrogens (tertiary/aromatic N) is 1. The fourth-order valence-corrected chi connectivity index (χ4v) is 1.58. The molecule has 0 saturated carbocycles. The van der Waals surface area contributed by atoms with E-state index in [1.807, 2.05) is 13.8 Å². The summed E-state index contributed by atoms with van der Waals surface area (Å²) in [4.78, 5) is 30.2. The SMILES string of the molecule is CC(C)CNC(=O)C(=O)Nc1ccc2nc[nH]c2c1. The van der Waals surface area contributed by atoms with Gasteiger partial charge in [-0.1, -0.05) is 13.8 Å². The van der Waals surface area contributed by atoms with Crippen LogP contribution in [0, 0.1) is 5.92 Å². The highest BCUT2D eigenvalue weighted by atomic mass is 16.2. The number of aromatic nitrogens is 2. The number of hydrogen-bond acceptors (Lipinski definition) is 3. The highest BCUT2D eigenvalue weighted by Gasteiger charge is 2.13. The van der Waals surface area contributed by atoms with Gasteiger partial charge in [0.15, 0.2) is 0 Å². The van der Waals surface area contributed by atoms with Gasteiger partial charge in [0.05, 0.1) is 17.4 Å². The largest absolute Gasteiger partial charge is 0.348 e. The molecule has 0 saturated heterocycles. The Morgan fingerprint density at radius 2 is 2.11 bits per heavy atom. The number of aromatic amines is 1. The fraction of sp³-hybridized carbons (Fsp3) is 0.308. The van der Waals surface area contributed by atoms with Gasteiger partial charge in [-0.05, 0) is 24.1 Å². The number of rotatable bonds is 3. The molecular weight excluding hydrogens is 244 g/mol. The molecule has 0 fully saturated rings. The van der Waals surface area contributed by atoms with Gasteiger partial charge in [-0.15, -0.1) is 0 Å². The van der Waals surface area contributed by atoms with Gasteiger partial charge in [0, 0.05) is 12.2 Å². The first kappa shape index (κ1) is 13.1. The van der Waals surface area contributed by atoms with Crippen molar-refractivity contribution in [2.45, 2.75) is 13.8 Å². The molecule has 3 N–H and O–H groups in total. The van der Waals surface area contributed by atoms with E-state index in [1.165, 1.54) is 0 Å². The number of amides is 2. The molecule has 2 rings (SSSR count). The lowest BCUT2D eigenvalue weighted by Crippen LogP contribution is -2.37. The summed E-state index contributed by atoms with van der Waals surface area (Å²) in [5.41, 5.74) is 2.17. The third-order valence-electron chi connectivity index (χ3n) is 2.56. The topological polar surface area (TPSA) is 86.9 Å². The number of hydrogen-bond donors (Lipinski definition) is 3. The molecule has 0 radical (unpaired) electrons. The van der Waals surface area contributed by atoms with Crippen molar-refractivity contribution in [3.63, 3.8) is 0 Å². The molecule has 1 aromatic heterocycles. The number of carbonyl (C=O) groups is 2. The van der Waals surface area contributed by atoms with Crippen molar-refractivity contribution in [1.82, 2.24) is 15.3 Å². The summed E-state index contributed by atoms with van der Waals surface area (Å²) in [6, 6.07) is 5.21. The molecule has 0 aliphatic heterocycles. The van der Waals surface area contributed by atoms with E-state index in [0.717, 1.165) is 11.0 Å². The third kappa shape index (κ3) is 3.31. The van der Waals surface area contributed by atoms with E-state index in [1.54, 1.807) is 24.5 Å². The zero-order valence-electron chi connectivity index (χ0n) is 10.9. The Balaban J connectivity index is 1.99. The summed E-state index contributed by atoms with van der Waals surface area (Å²) < 4.78 is 0. The second-order valence-electron chi connectivity index (χ2n) is 4.69. The summed E-state index contributed by atoms with van der Waals surface area (Å²) >= 11 is 0. The minimum Gasteiger partial charge on any atom is -0.348 e. The standard InChI is InChI=1S/C13H16N4O2/c1-8(2)6-14-12(18)13(19)17-9-3-4-10-11(5-9)16-7-15-10/h3-5,7-8H,6H2,1-2H3,(H,14,18)(H,15,16)(H,17,19). The van der Waals surface area contributed by atoms with Gasteiger partial charge >= 0.3 is 11.8 Å². The van der Waals surface area contributed by atoms with Crippen molar-refractivity contribution < 1.29 is 9.59 Å². The molecule has 0 aliphatic rings. The maximum Gasteiger partial charge on any atom is 0.313 e. The molecular formula is C13H16N4O2. The number of fused-ring (bicyclic) bond motifs is 1. The minimum absolute atomic E-state index is 0.304. The van der Waals surface area contributed by atoms with Crippen LogP contribution in [0.1, 0.15) is 13.8 Å². The molecule has 0 spiro atoms. The molecule has 0 bridgehead atoms. The minimum atomic E-state index is -0.667. The lowest BCUT2D eigenvalue weighted by Gasteiger charge is -2.08. The molecule has 0 aliphatic carbocycles. The van der Waals surface area contributed by atoms with Crippen molar-refractivity contribution in [2.24, 2.45) is 5.92 Å². The van der Waals surface area contributed by atoms with Gasteiger partial charge in [0.1, 0.15) is 0 Å². The van der Waals surface area contributed by atoms with Crippen LogP contribution in [0.3, 0.4) is 0 Å². The number of H-pyrrole nitrogens is 1. The first-order valence-corrected chi connectivity index (χ1v) is 6.08. The third-order valence-corrected chi connectivity index (χ3v) is 2.56. The summed E-state index contributed by atoms with van der Waals surface area (Å²) in [7, 11) is 0. The average Bonchev–Trinajstić information content (AvgIpc) is 2.83. The number of imidazole rings is 1. The van der Waals surface area contributed by atoms with Crippen LogP contribution >= 0.6 is 0 Å². The van der Waals surface area contributed by atoms with Crippen molar-refractivity contribution in [1.29, 1.82) is 0 Å². The quantitative estimate of drug-likeness (QED) is 0.726. The fourth-order valence-electron chi connectivity index (χ4n) is 1.58. The predicted molar refractivity (Wildman–Crippen MR) is 72.6 cm³/mol. The Labute approximate surface area is 110 Å². The lowest BCUT2D eigenvalue weighted by atomic mass is 10.2. The molecule has 2 amide bonds. The Bertz CT molecular complexity index is 603. The highest BCUT2D eigenvalue weighted by molar-refractivity contribution is 6.39. The predicted octanol–water partition coefficient (Wildman–Crippen LogP) is 1.27. The van der Waals surface area contributed by atoms with Crippen LogP contribution in [0.5, 0.6) is 0 Å². The Morgan fingerprint density at radius 1 is 1.32 bits per heavy atom. The second-order valence-corrected chi connectivity index (χ2v) is 4.69. The molecule has 19 heavy (non-hydrogen) atoms. The molecule has 1 aromatic carbocycles. The number of anilines is 1. The average molecular weight is 260 g/mol. The zero-order valence-corrected chi connectivity index (χ0v) is 10.9. The van der Waals surface area contributed by atoms with Crippen LogP contribution in [0.25, 0.3) is 11.0 Å². The summed E-state index contributed by atoms with van der Waals surface area (Å²) in [5.74, 6) is -0.990. The van der Waals surface area contributed by atoms with E-state index in [9.17, 15) is 9.59 Å². The molecule has 100 valence electrons. The lowest BCUT2D eigenvalue weighted by molar-refractivity contribution is -0.136. The zero-order chi connectivity index (χ0) is 13.8. The van der Waals surface area contributed by atoms with Crippen molar-refractivity contribution in [3.05, 3.63) is 24.5 Å². The van der Waals surface area contributed by atoms with E-state index in [4.69, 9.17) is 0 Å². The van der Waals surface area contributed by atoms with Crippen LogP contribution < -0.4 is 10.6 Å². The van der Waals surface area contributed by atoms with Gasteiger partial charge in [0.2, 0.25) is 0 Å². The first-order valence-electron chi connectivity index (χ1n) is 6.08. The molecule has 2 aromatic rings. The second kappa shape index (κ2) is 5.51. The number of nitrogens with one attached hydrogen (secondary N) is 3. The van der Waals surface area contributed by atoms with Crippen molar-refractivity contribution in [2.75, 3.05) is 11.9 Å². The van der Waals surface area contributed by atoms with Gasteiger partial charge in [-0.25, -0.2) is 4.98 Å². The Kier molecular flexibility index (Phi) is 3.79. The summed E-state index contributed by atoms with van der Waals surface area (Å²) in [6.07, 6.45) is 1.58. The van der Waals surface area contributed by atoms with E-state index in [0.29, 0.717) is 18.2 Å². The van der Waals surface area contributed by atoms with Gasteiger partial charge in [-0.3, -0.25) is 9.59 Å². The molecule has 1 heterocycles. The van der Waals surface area contributed by atoms with Crippen LogP contribution in [-0.4, -0.2) is 28.3 Å². The van der Waals surface area contributed by atoms with Crippen LogP contribution in [0.2, 0.25) is 0 Å². The Hall–Kier alpha value is -2.37. The van der Waals surface area contributed by atoms with Crippen LogP contribution in [-0.2, 0) is 9.59 Å². The monoisotopic (exact) mass is 260 g/mol. The molecule has 0 atom stereocenters. The highest BCUT2D eigenvalue weighted by Crippen LogP contribution is 2.15. The van der Waals surface area contributed by atoms with Gasteiger partial charge < -0.3 is 15.6 Å². The van der Waals surface area contributed by atoms with E-state index in [2.05, 4.69) is 20.6 Å². The van der Waals surface area contributed by atoms with Crippen molar-refractivity contribution in [3.8, 4) is 0 Å². The summed E-state index contributed by atoms with van der Waals surface area (Å²) in [6.45, 7) is 4.40. The molecule has 6 heteroatoms.